The highest BCUT2D eigenvalue weighted by molar-refractivity contribution is 6.42. The summed E-state index contributed by atoms with van der Waals surface area (Å²) in [4.78, 5) is 4.30. The smallest absolute Gasteiger partial charge is 0.240 e. The number of hydrogen-bond acceptors (Lipinski definition) is 4. The Morgan fingerprint density at radius 3 is 2.24 bits per heavy atom. The summed E-state index contributed by atoms with van der Waals surface area (Å²) in [5.41, 5.74) is 8.61. The van der Waals surface area contributed by atoms with E-state index in [2.05, 4.69) is 15.2 Å². The fraction of sp³-hybridized carbons (Fsp3) is 0. The van der Waals surface area contributed by atoms with Gasteiger partial charge in [0.25, 0.3) is 0 Å². The largest absolute Gasteiger partial charge is 0.366 e. The van der Waals surface area contributed by atoms with E-state index in [9.17, 15) is 0 Å². The van der Waals surface area contributed by atoms with E-state index < -0.39 is 0 Å². The fourth-order valence-corrected chi connectivity index (χ4v) is 2.27. The van der Waals surface area contributed by atoms with Crippen LogP contribution in [0.5, 0.6) is 0 Å². The molecule has 2 aromatic carbocycles. The minimum Gasteiger partial charge on any atom is -0.366 e. The third-order valence-electron chi connectivity index (χ3n) is 2.94. The molecule has 0 spiro atoms. The highest BCUT2D eigenvalue weighted by atomic mass is 35.5. The molecule has 0 radical (unpaired) electrons. The van der Waals surface area contributed by atoms with Crippen LogP contribution in [0.1, 0.15) is 0 Å². The molecule has 6 heteroatoms. The molecule has 0 aliphatic heterocycles. The Hall–Kier alpha value is -2.17. The van der Waals surface area contributed by atoms with E-state index >= 15 is 0 Å². The number of halogens is 2. The van der Waals surface area contributed by atoms with Gasteiger partial charge in [-0.25, -0.2) is 4.98 Å². The number of nitrogen functional groups attached to an aromatic ring is 1. The second kappa shape index (κ2) is 5.68. The molecule has 1 aromatic heterocycles. The third-order valence-corrected chi connectivity index (χ3v) is 3.68. The van der Waals surface area contributed by atoms with E-state index in [4.69, 9.17) is 28.9 Å². The minimum atomic E-state index is 0.123. The van der Waals surface area contributed by atoms with Crippen LogP contribution in [0.25, 0.3) is 22.5 Å². The van der Waals surface area contributed by atoms with Gasteiger partial charge in [-0.2, -0.15) is 0 Å². The summed E-state index contributed by atoms with van der Waals surface area (Å²) in [6, 6.07) is 14.9. The van der Waals surface area contributed by atoms with Crippen LogP contribution >= 0.6 is 23.2 Å². The minimum absolute atomic E-state index is 0.123. The van der Waals surface area contributed by atoms with Crippen molar-refractivity contribution in [1.82, 2.24) is 15.2 Å². The van der Waals surface area contributed by atoms with Gasteiger partial charge in [-0.3, -0.25) is 0 Å². The highest BCUT2D eigenvalue weighted by Crippen LogP contribution is 2.32. The van der Waals surface area contributed by atoms with Gasteiger partial charge in [0.05, 0.1) is 10.0 Å². The van der Waals surface area contributed by atoms with Crippen LogP contribution in [0.15, 0.2) is 48.5 Å². The normalized spacial score (nSPS) is 10.6. The van der Waals surface area contributed by atoms with E-state index in [1.165, 1.54) is 0 Å². The van der Waals surface area contributed by atoms with Crippen LogP contribution in [0.4, 0.5) is 5.95 Å². The standard InChI is InChI=1S/C15H10Cl2N4/c16-11-7-6-10(8-12(11)17)14-13(19-15(18)21-20-14)9-4-2-1-3-5-9/h1-8H,(H2,18,19,21). The van der Waals surface area contributed by atoms with Crippen LogP contribution in [0.3, 0.4) is 0 Å². The van der Waals surface area contributed by atoms with Crippen molar-refractivity contribution >= 4 is 29.2 Å². The van der Waals surface area contributed by atoms with Crippen molar-refractivity contribution in [3.8, 4) is 22.5 Å². The van der Waals surface area contributed by atoms with Gasteiger partial charge in [0.15, 0.2) is 0 Å². The molecule has 21 heavy (non-hydrogen) atoms. The maximum atomic E-state index is 6.07. The molecule has 0 bridgehead atoms. The quantitative estimate of drug-likeness (QED) is 0.773. The molecule has 104 valence electrons. The molecule has 3 rings (SSSR count). The Labute approximate surface area is 131 Å². The molecule has 0 saturated carbocycles. The SMILES string of the molecule is Nc1nnc(-c2ccc(Cl)c(Cl)c2)c(-c2ccccc2)n1. The van der Waals surface area contributed by atoms with Gasteiger partial charge < -0.3 is 5.73 Å². The maximum Gasteiger partial charge on any atom is 0.240 e. The van der Waals surface area contributed by atoms with E-state index in [0.29, 0.717) is 21.4 Å². The molecule has 1 heterocycles. The van der Waals surface area contributed by atoms with Gasteiger partial charge in [0, 0.05) is 11.1 Å². The zero-order valence-electron chi connectivity index (χ0n) is 10.8. The Morgan fingerprint density at radius 2 is 1.52 bits per heavy atom. The molecule has 0 unspecified atom stereocenters. The monoisotopic (exact) mass is 316 g/mol. The number of nitrogens with two attached hydrogens (primary N) is 1. The molecular formula is C15H10Cl2N4. The molecule has 0 fully saturated rings. The molecule has 3 aromatic rings. The summed E-state index contributed by atoms with van der Waals surface area (Å²) in [6.45, 7) is 0. The third kappa shape index (κ3) is 2.82. The first-order valence-corrected chi connectivity index (χ1v) is 6.92. The number of hydrogen-bond donors (Lipinski definition) is 1. The van der Waals surface area contributed by atoms with Crippen molar-refractivity contribution in [1.29, 1.82) is 0 Å². The van der Waals surface area contributed by atoms with E-state index in [1.807, 2.05) is 36.4 Å². The molecule has 0 aliphatic carbocycles. The Bertz CT molecular complexity index is 791. The maximum absolute atomic E-state index is 6.07. The van der Waals surface area contributed by atoms with Gasteiger partial charge in [-0.05, 0) is 12.1 Å². The number of benzene rings is 2. The lowest BCUT2D eigenvalue weighted by atomic mass is 10.0. The van der Waals surface area contributed by atoms with Gasteiger partial charge in [-0.1, -0.05) is 59.6 Å². The first-order valence-electron chi connectivity index (χ1n) is 6.16. The van der Waals surface area contributed by atoms with Crippen LogP contribution in [-0.4, -0.2) is 15.2 Å². The Kier molecular flexibility index (Phi) is 3.73. The zero-order chi connectivity index (χ0) is 14.8. The van der Waals surface area contributed by atoms with Gasteiger partial charge >= 0.3 is 0 Å². The lowest BCUT2D eigenvalue weighted by Crippen LogP contribution is -2.02. The van der Waals surface area contributed by atoms with E-state index in [1.54, 1.807) is 12.1 Å². The lowest BCUT2D eigenvalue weighted by Gasteiger charge is -2.08. The second-order valence-electron chi connectivity index (χ2n) is 4.36. The van der Waals surface area contributed by atoms with Crippen molar-refractivity contribution < 1.29 is 0 Å². The molecule has 2 N–H and O–H groups in total. The highest BCUT2D eigenvalue weighted by Gasteiger charge is 2.13. The van der Waals surface area contributed by atoms with Gasteiger partial charge in [0.1, 0.15) is 11.4 Å². The molecular weight excluding hydrogens is 307 g/mol. The molecule has 0 atom stereocenters. The fourth-order valence-electron chi connectivity index (χ4n) is 1.97. The predicted octanol–water partition coefficient (Wildman–Crippen LogP) is 4.09. The average molecular weight is 317 g/mol. The molecule has 0 aliphatic rings. The first kappa shape index (κ1) is 13.8. The first-order chi connectivity index (χ1) is 10.1. The predicted molar refractivity (Wildman–Crippen MR) is 85.1 cm³/mol. The second-order valence-corrected chi connectivity index (χ2v) is 5.18. The zero-order valence-corrected chi connectivity index (χ0v) is 12.3. The lowest BCUT2D eigenvalue weighted by molar-refractivity contribution is 0.997. The van der Waals surface area contributed by atoms with E-state index in [0.717, 1.165) is 11.1 Å². The van der Waals surface area contributed by atoms with Crippen LogP contribution in [0.2, 0.25) is 10.0 Å². The number of aromatic nitrogens is 3. The van der Waals surface area contributed by atoms with Crippen molar-refractivity contribution in [2.24, 2.45) is 0 Å². The molecule has 4 nitrogen and oxygen atoms in total. The Balaban J connectivity index is 2.21. The van der Waals surface area contributed by atoms with Crippen LogP contribution in [0, 0.1) is 0 Å². The van der Waals surface area contributed by atoms with Crippen LogP contribution < -0.4 is 5.73 Å². The van der Waals surface area contributed by atoms with Crippen molar-refractivity contribution in [3.05, 3.63) is 58.6 Å². The number of anilines is 1. The summed E-state index contributed by atoms with van der Waals surface area (Å²) < 4.78 is 0. The molecule has 0 amide bonds. The number of nitrogens with zero attached hydrogens (tertiary/aromatic N) is 3. The van der Waals surface area contributed by atoms with Gasteiger partial charge in [-0.15, -0.1) is 10.2 Å². The van der Waals surface area contributed by atoms with Crippen molar-refractivity contribution in [2.75, 3.05) is 5.73 Å². The summed E-state index contributed by atoms with van der Waals surface area (Å²) >= 11 is 12.0. The molecule has 0 saturated heterocycles. The Morgan fingerprint density at radius 1 is 0.762 bits per heavy atom. The summed E-state index contributed by atoms with van der Waals surface area (Å²) in [6.07, 6.45) is 0. The number of rotatable bonds is 2. The van der Waals surface area contributed by atoms with Crippen molar-refractivity contribution in [2.45, 2.75) is 0 Å². The summed E-state index contributed by atoms with van der Waals surface area (Å²) in [5.74, 6) is 0.123. The van der Waals surface area contributed by atoms with Gasteiger partial charge in [0.2, 0.25) is 5.95 Å². The topological polar surface area (TPSA) is 64.7 Å². The average Bonchev–Trinajstić information content (AvgIpc) is 2.51. The van der Waals surface area contributed by atoms with E-state index in [-0.39, 0.29) is 5.95 Å². The summed E-state index contributed by atoms with van der Waals surface area (Å²) in [5, 5.41) is 8.93. The van der Waals surface area contributed by atoms with Crippen LogP contribution in [-0.2, 0) is 0 Å². The van der Waals surface area contributed by atoms with Crippen molar-refractivity contribution in [3.63, 3.8) is 0 Å². The summed E-state index contributed by atoms with van der Waals surface area (Å²) in [7, 11) is 0.